The number of nitrogens with zero attached hydrogens (tertiary/aromatic N) is 4. The Bertz CT molecular complexity index is 1310. The lowest BCUT2D eigenvalue weighted by Crippen LogP contribution is -2.58. The molecule has 1 amide bonds. The third kappa shape index (κ3) is 4.21. The fourth-order valence-electron chi connectivity index (χ4n) is 4.35. The second-order valence-corrected chi connectivity index (χ2v) is 11.9. The van der Waals surface area contributed by atoms with Crippen molar-refractivity contribution in [1.82, 2.24) is 9.97 Å². The average molecular weight is 511 g/mol. The predicted molar refractivity (Wildman–Crippen MR) is 125 cm³/mol. The quantitative estimate of drug-likeness (QED) is 0.614. The number of hydrogen-bond acceptors (Lipinski definition) is 8. The number of halogens is 3. The van der Waals surface area contributed by atoms with E-state index in [0.717, 1.165) is 12.4 Å². The van der Waals surface area contributed by atoms with Crippen molar-refractivity contribution in [2.75, 3.05) is 18.5 Å². The lowest BCUT2D eigenvalue weighted by atomic mass is 9.85. The number of benzene rings is 1. The van der Waals surface area contributed by atoms with Gasteiger partial charge in [0.15, 0.2) is 6.61 Å². The Labute approximate surface area is 200 Å². The van der Waals surface area contributed by atoms with E-state index < -0.39 is 50.0 Å². The molecule has 2 aromatic rings. The first-order valence-electron chi connectivity index (χ1n) is 10.8. The Hall–Kier alpha value is -3.22. The summed E-state index contributed by atoms with van der Waals surface area (Å²) in [6.45, 7) is 4.65. The molecule has 3 heterocycles. The molecule has 0 spiro atoms. The zero-order valence-electron chi connectivity index (χ0n) is 19.3. The predicted octanol–water partition coefficient (Wildman–Crippen LogP) is 3.12. The first-order chi connectivity index (χ1) is 16.4. The van der Waals surface area contributed by atoms with E-state index in [1.54, 1.807) is 20.8 Å². The first kappa shape index (κ1) is 24.9. The maximum atomic E-state index is 15.1. The molecule has 0 aliphatic carbocycles. The maximum absolute atomic E-state index is 15.1. The van der Waals surface area contributed by atoms with Crippen molar-refractivity contribution in [1.29, 1.82) is 0 Å². The van der Waals surface area contributed by atoms with Gasteiger partial charge in [0, 0.05) is 17.8 Å². The van der Waals surface area contributed by atoms with Gasteiger partial charge in [-0.1, -0.05) is 0 Å². The molecule has 3 atom stereocenters. The van der Waals surface area contributed by atoms with Crippen LogP contribution < -0.4 is 15.8 Å². The van der Waals surface area contributed by atoms with Crippen LogP contribution in [-0.4, -0.2) is 55.5 Å². The number of alkyl halides is 2. The van der Waals surface area contributed by atoms with Crippen LogP contribution in [0.25, 0.3) is 0 Å². The molecule has 1 aromatic carbocycles. The van der Waals surface area contributed by atoms with Crippen LogP contribution in [-0.2, 0) is 15.3 Å². The minimum atomic E-state index is -2.85. The van der Waals surface area contributed by atoms with Crippen LogP contribution in [0.1, 0.15) is 43.2 Å². The molecule has 0 saturated heterocycles. The zero-order valence-corrected chi connectivity index (χ0v) is 20.1. The van der Waals surface area contributed by atoms with E-state index in [1.807, 2.05) is 0 Å². The number of fused-ring (bicyclic) bond motifs is 1. The van der Waals surface area contributed by atoms with Crippen molar-refractivity contribution < 1.29 is 26.9 Å². The van der Waals surface area contributed by atoms with Gasteiger partial charge in [0.05, 0.1) is 27.4 Å². The van der Waals surface area contributed by atoms with Crippen molar-refractivity contribution >= 4 is 27.2 Å². The molecule has 2 aliphatic rings. The molecule has 1 aromatic heterocycles. The minimum Gasteiger partial charge on any atom is -0.470 e. The van der Waals surface area contributed by atoms with Gasteiger partial charge in [-0.15, -0.1) is 0 Å². The smallest absolute Gasteiger partial charge is 0.275 e. The highest BCUT2D eigenvalue weighted by Gasteiger charge is 2.56. The van der Waals surface area contributed by atoms with Crippen LogP contribution in [0.15, 0.2) is 39.9 Å². The fraction of sp³-hybridized carbons (Fsp3) is 0.455. The van der Waals surface area contributed by atoms with Gasteiger partial charge < -0.3 is 15.8 Å². The lowest BCUT2D eigenvalue weighted by molar-refractivity contribution is 0.0792. The van der Waals surface area contributed by atoms with E-state index in [-0.39, 0.29) is 28.7 Å². The highest BCUT2D eigenvalue weighted by Crippen LogP contribution is 2.48. The average Bonchev–Trinajstić information content (AvgIpc) is 3.23. The summed E-state index contributed by atoms with van der Waals surface area (Å²) in [6, 6.07) is 3.97. The first-order valence-corrected chi connectivity index (χ1v) is 12.4. The summed E-state index contributed by atoms with van der Waals surface area (Å²) in [5, 5.41) is 2.04. The molecule has 0 radical (unpaired) electrons. The number of aliphatic imine (C=N–C) groups is 1. The van der Waals surface area contributed by atoms with E-state index in [9.17, 15) is 17.8 Å². The summed E-state index contributed by atoms with van der Waals surface area (Å²) in [5.74, 6) is -1.27. The molecule has 35 heavy (non-hydrogen) atoms. The van der Waals surface area contributed by atoms with Crippen molar-refractivity contribution in [3.05, 3.63) is 47.7 Å². The highest BCUT2D eigenvalue weighted by molar-refractivity contribution is 7.96. The number of aromatic nitrogens is 2. The van der Waals surface area contributed by atoms with Gasteiger partial charge in [0.1, 0.15) is 27.6 Å². The standard InChI is InChI=1S/C22H25F3N6O3S/c1-21(2)20(26)31-22(3,16-6-7-29-35(16,21)33)13-8-12(4-5-14(13)23)30-19(32)15-9-28-18(10-27-15)34-11-17(24)25/h4-5,8-10,16-17H,6-7,11H2,1-3H3,(H2,26,31)(H,30,32)/t16?,22-,35-/m1/s1. The number of ether oxygens (including phenoxy) is 1. The van der Waals surface area contributed by atoms with Gasteiger partial charge in [0.25, 0.3) is 12.3 Å². The number of nitrogens with two attached hydrogens (primary N) is 1. The van der Waals surface area contributed by atoms with Gasteiger partial charge in [-0.2, -0.15) is 0 Å². The Kier molecular flexibility index (Phi) is 6.24. The van der Waals surface area contributed by atoms with Crippen LogP contribution in [0.2, 0.25) is 0 Å². The van der Waals surface area contributed by atoms with E-state index in [0.29, 0.717) is 13.0 Å². The van der Waals surface area contributed by atoms with Crippen molar-refractivity contribution in [2.45, 2.75) is 49.2 Å². The molecule has 188 valence electrons. The SMILES string of the molecule is CC1(C)C(N)=N[C@](C)(c2cc(NC(=O)c3cnc(OCC(F)F)cn3)ccc2F)C2CCN=[S@@]21=O. The second-order valence-electron chi connectivity index (χ2n) is 8.94. The Balaban J connectivity index is 1.63. The minimum absolute atomic E-state index is 0.106. The Morgan fingerprint density at radius 3 is 2.69 bits per heavy atom. The number of anilines is 1. The van der Waals surface area contributed by atoms with Gasteiger partial charge in [-0.05, 0) is 45.4 Å². The van der Waals surface area contributed by atoms with E-state index >= 15 is 4.39 Å². The summed E-state index contributed by atoms with van der Waals surface area (Å²) in [7, 11) is -2.85. The summed E-state index contributed by atoms with van der Waals surface area (Å²) < 4.78 is 61.7. The summed E-state index contributed by atoms with van der Waals surface area (Å²) >= 11 is 0. The van der Waals surface area contributed by atoms with Crippen LogP contribution in [0.4, 0.5) is 18.9 Å². The molecule has 0 bridgehead atoms. The normalized spacial score (nSPS) is 27.1. The van der Waals surface area contributed by atoms with Gasteiger partial charge >= 0.3 is 0 Å². The molecule has 2 aliphatic heterocycles. The number of rotatable bonds is 6. The van der Waals surface area contributed by atoms with Crippen LogP contribution in [0.5, 0.6) is 5.88 Å². The number of carbonyl (C=O) groups is 1. The third-order valence-corrected chi connectivity index (χ3v) is 10.1. The fourth-order valence-corrected chi connectivity index (χ4v) is 7.51. The summed E-state index contributed by atoms with van der Waals surface area (Å²) in [4.78, 5) is 24.9. The third-order valence-electron chi connectivity index (χ3n) is 6.38. The second kappa shape index (κ2) is 8.77. The Morgan fingerprint density at radius 1 is 1.29 bits per heavy atom. The molecule has 4 rings (SSSR count). The molecule has 3 N–H and O–H groups in total. The molecule has 0 fully saturated rings. The van der Waals surface area contributed by atoms with E-state index in [2.05, 4.69) is 24.6 Å². The molecule has 1 unspecified atom stereocenters. The molecular weight excluding hydrogens is 485 g/mol. The maximum Gasteiger partial charge on any atom is 0.275 e. The largest absolute Gasteiger partial charge is 0.470 e. The van der Waals surface area contributed by atoms with Crippen LogP contribution in [0.3, 0.4) is 0 Å². The van der Waals surface area contributed by atoms with Gasteiger partial charge in [0.2, 0.25) is 5.88 Å². The lowest BCUT2D eigenvalue weighted by Gasteiger charge is -2.44. The van der Waals surface area contributed by atoms with E-state index in [1.165, 1.54) is 18.2 Å². The molecule has 0 saturated carbocycles. The Morgan fingerprint density at radius 2 is 2.03 bits per heavy atom. The number of amidine groups is 1. The van der Waals surface area contributed by atoms with Crippen LogP contribution in [0, 0.1) is 5.82 Å². The topological polar surface area (TPSA) is 132 Å². The molecule has 9 nitrogen and oxygen atoms in total. The summed E-state index contributed by atoms with van der Waals surface area (Å²) in [5.41, 5.74) is 5.22. The van der Waals surface area contributed by atoms with Crippen molar-refractivity contribution in [3.8, 4) is 5.88 Å². The zero-order chi connectivity index (χ0) is 25.6. The monoisotopic (exact) mass is 510 g/mol. The number of hydrogen-bond donors (Lipinski definition) is 2. The number of carbonyl (C=O) groups excluding carboxylic acids is 1. The molecular formula is C22H25F3N6O3S. The highest BCUT2D eigenvalue weighted by atomic mass is 32.2. The van der Waals surface area contributed by atoms with Gasteiger partial charge in [-0.25, -0.2) is 31.7 Å². The summed E-state index contributed by atoms with van der Waals surface area (Å²) in [6.07, 6.45) is -0.0852. The number of nitrogens with one attached hydrogen (secondary N) is 1. The molecule has 13 heteroatoms. The number of amides is 1. The van der Waals surface area contributed by atoms with Gasteiger partial charge in [-0.3, -0.25) is 9.79 Å². The van der Waals surface area contributed by atoms with Crippen LogP contribution >= 0.6 is 0 Å². The van der Waals surface area contributed by atoms with Crippen molar-refractivity contribution in [3.63, 3.8) is 0 Å². The van der Waals surface area contributed by atoms with E-state index in [4.69, 9.17) is 10.5 Å². The van der Waals surface area contributed by atoms with Crippen molar-refractivity contribution in [2.24, 2.45) is 15.1 Å².